The van der Waals surface area contributed by atoms with E-state index in [4.69, 9.17) is 9.84 Å². The number of carboxylic acids is 1. The lowest BCUT2D eigenvalue weighted by Gasteiger charge is -2.20. The number of benzene rings is 4. The smallest absolute Gasteiger partial charge is 0.337 e. The first-order chi connectivity index (χ1) is 19.7. The molecule has 0 fully saturated rings. The SMILES string of the molecule is COC(=O)c1ccc(/C=C/c2ccc(N(C)C(=O)c3ccc(N(C)C(=O)c4ccc(C(=O)O)cc4)cc3)cc2)cc1. The number of ether oxygens (including phenoxy) is 1. The molecule has 206 valence electrons. The highest BCUT2D eigenvalue weighted by Gasteiger charge is 2.17. The maximum atomic E-state index is 13.1. The number of carboxylic acid groups (broad SMARTS) is 1. The molecule has 8 nitrogen and oxygen atoms in total. The average molecular weight is 549 g/mol. The summed E-state index contributed by atoms with van der Waals surface area (Å²) in [5.74, 6) is -1.94. The lowest BCUT2D eigenvalue weighted by atomic mass is 10.1. The van der Waals surface area contributed by atoms with Crippen LogP contribution in [0.2, 0.25) is 0 Å². The van der Waals surface area contributed by atoms with Crippen LogP contribution in [0.25, 0.3) is 12.2 Å². The number of methoxy groups -OCH3 is 1. The fraction of sp³-hybridized carbons (Fsp3) is 0.0909. The molecule has 4 rings (SSSR count). The second-order valence-electron chi connectivity index (χ2n) is 9.20. The summed E-state index contributed by atoms with van der Waals surface area (Å²) in [5.41, 5.74) is 4.59. The molecule has 0 bridgehead atoms. The Kier molecular flexibility index (Phi) is 8.74. The highest BCUT2D eigenvalue weighted by Crippen LogP contribution is 2.21. The zero-order valence-corrected chi connectivity index (χ0v) is 22.8. The van der Waals surface area contributed by atoms with Gasteiger partial charge in [-0.15, -0.1) is 0 Å². The van der Waals surface area contributed by atoms with Crippen LogP contribution in [0.3, 0.4) is 0 Å². The molecule has 0 saturated heterocycles. The van der Waals surface area contributed by atoms with Crippen LogP contribution < -0.4 is 9.80 Å². The lowest BCUT2D eigenvalue weighted by Crippen LogP contribution is -2.27. The molecule has 0 atom stereocenters. The maximum Gasteiger partial charge on any atom is 0.337 e. The van der Waals surface area contributed by atoms with Crippen molar-refractivity contribution in [1.29, 1.82) is 0 Å². The number of aromatic carboxylic acids is 1. The van der Waals surface area contributed by atoms with Crippen LogP contribution >= 0.6 is 0 Å². The van der Waals surface area contributed by atoms with Crippen molar-refractivity contribution >= 4 is 47.3 Å². The number of nitrogens with zero attached hydrogens (tertiary/aromatic N) is 2. The molecule has 41 heavy (non-hydrogen) atoms. The van der Waals surface area contributed by atoms with E-state index in [-0.39, 0.29) is 23.3 Å². The Bertz CT molecular complexity index is 1590. The molecule has 4 aromatic carbocycles. The third-order valence-electron chi connectivity index (χ3n) is 6.57. The molecule has 8 heteroatoms. The highest BCUT2D eigenvalue weighted by atomic mass is 16.5. The number of rotatable bonds is 8. The summed E-state index contributed by atoms with van der Waals surface area (Å²) in [4.78, 5) is 51.5. The van der Waals surface area contributed by atoms with Crippen LogP contribution in [0, 0.1) is 0 Å². The molecule has 0 aliphatic rings. The summed E-state index contributed by atoms with van der Waals surface area (Å²) in [5, 5.41) is 9.04. The fourth-order valence-corrected chi connectivity index (χ4v) is 4.05. The lowest BCUT2D eigenvalue weighted by molar-refractivity contribution is 0.0599. The topological polar surface area (TPSA) is 104 Å². The Morgan fingerprint density at radius 2 is 0.902 bits per heavy atom. The third kappa shape index (κ3) is 6.75. The number of hydrogen-bond donors (Lipinski definition) is 1. The second-order valence-corrected chi connectivity index (χ2v) is 9.20. The van der Waals surface area contributed by atoms with Crippen LogP contribution in [0.15, 0.2) is 97.1 Å². The van der Waals surface area contributed by atoms with Gasteiger partial charge in [-0.3, -0.25) is 9.59 Å². The Morgan fingerprint density at radius 1 is 0.561 bits per heavy atom. The van der Waals surface area contributed by atoms with Gasteiger partial charge in [0.05, 0.1) is 18.2 Å². The van der Waals surface area contributed by atoms with Crippen molar-refractivity contribution in [2.75, 3.05) is 31.0 Å². The molecule has 2 amide bonds. The maximum absolute atomic E-state index is 13.1. The first-order valence-electron chi connectivity index (χ1n) is 12.6. The third-order valence-corrected chi connectivity index (χ3v) is 6.57. The van der Waals surface area contributed by atoms with Crippen molar-refractivity contribution in [2.45, 2.75) is 0 Å². The quantitative estimate of drug-likeness (QED) is 0.217. The van der Waals surface area contributed by atoms with Gasteiger partial charge in [0.2, 0.25) is 0 Å². The molecule has 0 aromatic heterocycles. The molecule has 0 saturated carbocycles. The summed E-state index contributed by atoms with van der Waals surface area (Å²) in [6, 6.07) is 27.0. The van der Waals surface area contributed by atoms with Gasteiger partial charge >= 0.3 is 11.9 Å². The molecule has 4 aromatic rings. The van der Waals surface area contributed by atoms with Gasteiger partial charge in [0.25, 0.3) is 11.8 Å². The van der Waals surface area contributed by atoms with Crippen molar-refractivity contribution in [1.82, 2.24) is 0 Å². The zero-order valence-electron chi connectivity index (χ0n) is 22.8. The number of esters is 1. The number of hydrogen-bond acceptors (Lipinski definition) is 5. The summed E-state index contributed by atoms with van der Waals surface area (Å²) < 4.78 is 4.71. The van der Waals surface area contributed by atoms with Gasteiger partial charge in [-0.05, 0) is 83.9 Å². The fourth-order valence-electron chi connectivity index (χ4n) is 4.05. The van der Waals surface area contributed by atoms with Crippen LogP contribution in [0.5, 0.6) is 0 Å². The summed E-state index contributed by atoms with van der Waals surface area (Å²) in [6.45, 7) is 0. The van der Waals surface area contributed by atoms with E-state index in [1.165, 1.54) is 36.3 Å². The van der Waals surface area contributed by atoms with Gasteiger partial charge < -0.3 is 19.6 Å². The summed E-state index contributed by atoms with van der Waals surface area (Å²) in [6.07, 6.45) is 3.87. The van der Waals surface area contributed by atoms with E-state index in [1.807, 2.05) is 48.6 Å². The van der Waals surface area contributed by atoms with Crippen LogP contribution in [0.4, 0.5) is 11.4 Å². The van der Waals surface area contributed by atoms with E-state index in [0.29, 0.717) is 22.4 Å². The van der Waals surface area contributed by atoms with Crippen molar-refractivity contribution in [3.05, 3.63) is 130 Å². The highest BCUT2D eigenvalue weighted by molar-refractivity contribution is 6.08. The Hall–Kier alpha value is -5.50. The Morgan fingerprint density at radius 3 is 1.32 bits per heavy atom. The normalized spacial score (nSPS) is 10.7. The van der Waals surface area contributed by atoms with Gasteiger partial charge in [0, 0.05) is 36.6 Å². The van der Waals surface area contributed by atoms with E-state index in [1.54, 1.807) is 55.4 Å². The molecule has 1 N–H and O–H groups in total. The second kappa shape index (κ2) is 12.6. The number of carbonyl (C=O) groups excluding carboxylic acids is 3. The minimum atomic E-state index is -1.06. The number of amides is 2. The molecule has 0 spiro atoms. The monoisotopic (exact) mass is 548 g/mol. The van der Waals surface area contributed by atoms with Crippen LogP contribution in [-0.2, 0) is 4.74 Å². The van der Waals surface area contributed by atoms with Gasteiger partial charge in [0.15, 0.2) is 0 Å². The van der Waals surface area contributed by atoms with Crippen LogP contribution in [0.1, 0.15) is 52.6 Å². The van der Waals surface area contributed by atoms with Crippen molar-refractivity contribution < 1.29 is 29.0 Å². The van der Waals surface area contributed by atoms with Crippen LogP contribution in [-0.4, -0.2) is 50.1 Å². The zero-order chi connectivity index (χ0) is 29.5. The minimum Gasteiger partial charge on any atom is -0.478 e. The van der Waals surface area contributed by atoms with Gasteiger partial charge in [-0.25, -0.2) is 9.59 Å². The standard InChI is InChI=1S/C33H28N2O6/c1-34(28-18-8-23(9-19-28)5-4-22-6-10-27(11-7-22)33(40)41-3)31(37)25-16-20-29(21-17-25)35(2)30(36)24-12-14-26(15-13-24)32(38)39/h4-21H,1-3H3,(H,38,39)/b5-4+. The average Bonchev–Trinajstić information content (AvgIpc) is 3.02. The van der Waals surface area contributed by atoms with Gasteiger partial charge in [-0.1, -0.05) is 36.4 Å². The Balaban J connectivity index is 1.38. The predicted octanol–water partition coefficient (Wildman–Crippen LogP) is 5.90. The summed E-state index contributed by atoms with van der Waals surface area (Å²) in [7, 11) is 4.66. The predicted molar refractivity (Wildman–Crippen MR) is 158 cm³/mol. The van der Waals surface area contributed by atoms with E-state index in [0.717, 1.165) is 16.8 Å². The van der Waals surface area contributed by atoms with Crippen molar-refractivity contribution in [2.24, 2.45) is 0 Å². The molecule has 0 aliphatic heterocycles. The van der Waals surface area contributed by atoms with E-state index < -0.39 is 5.97 Å². The first kappa shape index (κ1) is 28.5. The first-order valence-corrected chi connectivity index (χ1v) is 12.6. The Labute approximate surface area is 237 Å². The van der Waals surface area contributed by atoms with Gasteiger partial charge in [0.1, 0.15) is 0 Å². The molecule has 0 heterocycles. The van der Waals surface area contributed by atoms with E-state index in [2.05, 4.69) is 0 Å². The van der Waals surface area contributed by atoms with E-state index in [9.17, 15) is 19.2 Å². The molecule has 0 radical (unpaired) electrons. The largest absolute Gasteiger partial charge is 0.478 e. The molecule has 0 unspecified atom stereocenters. The molecular weight excluding hydrogens is 520 g/mol. The minimum absolute atomic E-state index is 0.103. The van der Waals surface area contributed by atoms with Gasteiger partial charge in [-0.2, -0.15) is 0 Å². The number of anilines is 2. The molecular formula is C33H28N2O6. The van der Waals surface area contributed by atoms with Crippen molar-refractivity contribution in [3.63, 3.8) is 0 Å². The summed E-state index contributed by atoms with van der Waals surface area (Å²) >= 11 is 0. The number of carbonyl (C=O) groups is 4. The van der Waals surface area contributed by atoms with E-state index >= 15 is 0 Å². The van der Waals surface area contributed by atoms with Crippen molar-refractivity contribution in [3.8, 4) is 0 Å². The molecule has 0 aliphatic carbocycles.